The van der Waals surface area contributed by atoms with Gasteiger partial charge in [-0.3, -0.25) is 0 Å². The molecule has 0 aliphatic heterocycles. The summed E-state index contributed by atoms with van der Waals surface area (Å²) in [7, 11) is 0. The average molecular weight is 203 g/mol. The third kappa shape index (κ3) is 1.68. The van der Waals surface area contributed by atoms with Crippen LogP contribution in [0, 0.1) is 0 Å². The first-order valence-corrected chi connectivity index (χ1v) is 5.82. The Hall–Kier alpha value is -0.860. The smallest absolute Gasteiger partial charge is 0.0570 e. The highest BCUT2D eigenvalue weighted by atomic mass is 16.3. The number of aliphatic hydroxyl groups excluding tert-OH is 1. The Balaban J connectivity index is 1.51. The van der Waals surface area contributed by atoms with Crippen molar-refractivity contribution in [2.75, 3.05) is 6.54 Å². The second-order valence-electron chi connectivity index (χ2n) is 4.83. The SMILES string of the molecule is OC1CC(NCC2Cc3ccccc32)C1. The fourth-order valence-corrected chi connectivity index (χ4v) is 2.61. The highest BCUT2D eigenvalue weighted by Gasteiger charge is 2.30. The molecule has 1 atom stereocenters. The van der Waals surface area contributed by atoms with Gasteiger partial charge >= 0.3 is 0 Å². The molecule has 1 aromatic rings. The summed E-state index contributed by atoms with van der Waals surface area (Å²) < 4.78 is 0. The van der Waals surface area contributed by atoms with Gasteiger partial charge in [0, 0.05) is 18.5 Å². The van der Waals surface area contributed by atoms with E-state index in [-0.39, 0.29) is 6.10 Å². The van der Waals surface area contributed by atoms with Gasteiger partial charge < -0.3 is 10.4 Å². The molecule has 0 spiro atoms. The Kier molecular flexibility index (Phi) is 2.26. The molecule has 1 saturated carbocycles. The summed E-state index contributed by atoms with van der Waals surface area (Å²) >= 11 is 0. The van der Waals surface area contributed by atoms with Crippen molar-refractivity contribution in [3.05, 3.63) is 35.4 Å². The zero-order valence-electron chi connectivity index (χ0n) is 8.82. The van der Waals surface area contributed by atoms with Gasteiger partial charge in [0.1, 0.15) is 0 Å². The molecule has 0 saturated heterocycles. The maximum atomic E-state index is 9.17. The Morgan fingerprint density at radius 3 is 2.80 bits per heavy atom. The maximum Gasteiger partial charge on any atom is 0.0570 e. The number of nitrogens with one attached hydrogen (secondary N) is 1. The lowest BCUT2D eigenvalue weighted by molar-refractivity contribution is 0.0618. The Morgan fingerprint density at radius 1 is 1.27 bits per heavy atom. The number of benzene rings is 1. The molecule has 2 nitrogen and oxygen atoms in total. The van der Waals surface area contributed by atoms with Crippen molar-refractivity contribution < 1.29 is 5.11 Å². The third-order valence-electron chi connectivity index (χ3n) is 3.73. The molecule has 0 amide bonds. The van der Waals surface area contributed by atoms with Crippen molar-refractivity contribution in [2.24, 2.45) is 0 Å². The van der Waals surface area contributed by atoms with E-state index in [0.717, 1.165) is 19.4 Å². The predicted octanol–water partition coefficient (Wildman–Crippen LogP) is 1.44. The molecule has 2 heteroatoms. The van der Waals surface area contributed by atoms with Crippen LogP contribution in [0.4, 0.5) is 0 Å². The van der Waals surface area contributed by atoms with E-state index in [0.29, 0.717) is 12.0 Å². The summed E-state index contributed by atoms with van der Waals surface area (Å²) in [6, 6.07) is 9.26. The molecular weight excluding hydrogens is 186 g/mol. The van der Waals surface area contributed by atoms with Crippen LogP contribution < -0.4 is 5.32 Å². The highest BCUT2D eigenvalue weighted by molar-refractivity contribution is 5.40. The lowest BCUT2D eigenvalue weighted by atomic mass is 9.77. The van der Waals surface area contributed by atoms with Gasteiger partial charge in [-0.15, -0.1) is 0 Å². The van der Waals surface area contributed by atoms with E-state index in [9.17, 15) is 5.11 Å². The monoisotopic (exact) mass is 203 g/mol. The van der Waals surface area contributed by atoms with E-state index in [1.54, 1.807) is 0 Å². The van der Waals surface area contributed by atoms with E-state index in [1.165, 1.54) is 17.5 Å². The summed E-state index contributed by atoms with van der Waals surface area (Å²) in [5, 5.41) is 12.7. The summed E-state index contributed by atoms with van der Waals surface area (Å²) in [5.74, 6) is 0.707. The van der Waals surface area contributed by atoms with E-state index < -0.39 is 0 Å². The van der Waals surface area contributed by atoms with Crippen LogP contribution >= 0.6 is 0 Å². The number of hydrogen-bond acceptors (Lipinski definition) is 2. The second-order valence-corrected chi connectivity index (χ2v) is 4.83. The minimum atomic E-state index is -0.0452. The lowest BCUT2D eigenvalue weighted by Gasteiger charge is -2.36. The molecule has 2 aliphatic carbocycles. The molecule has 1 unspecified atom stereocenters. The normalized spacial score (nSPS) is 32.7. The topological polar surface area (TPSA) is 32.3 Å². The van der Waals surface area contributed by atoms with Crippen LogP contribution in [0.2, 0.25) is 0 Å². The minimum absolute atomic E-state index is 0.0452. The Bertz CT molecular complexity index is 357. The zero-order valence-corrected chi connectivity index (χ0v) is 8.82. The molecule has 1 aromatic carbocycles. The van der Waals surface area contributed by atoms with Gasteiger partial charge in [0.05, 0.1) is 6.10 Å². The fourth-order valence-electron chi connectivity index (χ4n) is 2.61. The Morgan fingerprint density at radius 2 is 2.07 bits per heavy atom. The second kappa shape index (κ2) is 3.62. The molecule has 0 bridgehead atoms. The Labute approximate surface area is 90.3 Å². The summed E-state index contributed by atoms with van der Waals surface area (Å²) in [6.45, 7) is 1.08. The molecule has 0 aromatic heterocycles. The first kappa shape index (κ1) is 9.37. The molecular formula is C13H17NO. The molecule has 2 N–H and O–H groups in total. The number of rotatable bonds is 3. The van der Waals surface area contributed by atoms with Crippen LogP contribution in [0.15, 0.2) is 24.3 Å². The van der Waals surface area contributed by atoms with Crippen LogP contribution in [0.3, 0.4) is 0 Å². The van der Waals surface area contributed by atoms with Gasteiger partial charge in [-0.1, -0.05) is 24.3 Å². The largest absolute Gasteiger partial charge is 0.393 e. The molecule has 15 heavy (non-hydrogen) atoms. The van der Waals surface area contributed by atoms with E-state index in [2.05, 4.69) is 29.6 Å². The molecule has 0 radical (unpaired) electrons. The van der Waals surface area contributed by atoms with Crippen LogP contribution in [0.5, 0.6) is 0 Å². The van der Waals surface area contributed by atoms with Crippen LogP contribution in [-0.4, -0.2) is 23.8 Å². The summed E-state index contributed by atoms with van der Waals surface area (Å²) in [6.07, 6.45) is 3.05. The molecule has 1 fully saturated rings. The average Bonchev–Trinajstić information content (AvgIpc) is 2.16. The van der Waals surface area contributed by atoms with E-state index in [4.69, 9.17) is 0 Å². The van der Waals surface area contributed by atoms with Crippen LogP contribution in [0.1, 0.15) is 29.9 Å². The quantitative estimate of drug-likeness (QED) is 0.779. The van der Waals surface area contributed by atoms with Crippen molar-refractivity contribution >= 4 is 0 Å². The van der Waals surface area contributed by atoms with Gasteiger partial charge in [0.25, 0.3) is 0 Å². The predicted molar refractivity (Wildman–Crippen MR) is 59.9 cm³/mol. The molecule has 2 aliphatic rings. The zero-order chi connectivity index (χ0) is 10.3. The van der Waals surface area contributed by atoms with E-state index >= 15 is 0 Å². The van der Waals surface area contributed by atoms with Gasteiger partial charge in [0.15, 0.2) is 0 Å². The van der Waals surface area contributed by atoms with E-state index in [1.807, 2.05) is 0 Å². The van der Waals surface area contributed by atoms with Gasteiger partial charge in [-0.25, -0.2) is 0 Å². The van der Waals surface area contributed by atoms with Crippen molar-refractivity contribution in [2.45, 2.75) is 37.3 Å². The van der Waals surface area contributed by atoms with Gasteiger partial charge in [-0.05, 0) is 30.4 Å². The maximum absolute atomic E-state index is 9.17. The highest BCUT2D eigenvalue weighted by Crippen LogP contribution is 2.34. The minimum Gasteiger partial charge on any atom is -0.393 e. The number of hydrogen-bond donors (Lipinski definition) is 2. The number of fused-ring (bicyclic) bond motifs is 1. The van der Waals surface area contributed by atoms with Crippen LogP contribution in [0.25, 0.3) is 0 Å². The summed E-state index contributed by atoms with van der Waals surface area (Å²) in [5.41, 5.74) is 3.03. The first-order chi connectivity index (χ1) is 7.33. The molecule has 0 heterocycles. The van der Waals surface area contributed by atoms with Crippen molar-refractivity contribution in [3.63, 3.8) is 0 Å². The number of aliphatic hydroxyl groups is 1. The summed E-state index contributed by atoms with van der Waals surface area (Å²) in [4.78, 5) is 0. The van der Waals surface area contributed by atoms with Crippen molar-refractivity contribution in [1.82, 2.24) is 5.32 Å². The fraction of sp³-hybridized carbons (Fsp3) is 0.538. The lowest BCUT2D eigenvalue weighted by Crippen LogP contribution is -2.46. The third-order valence-corrected chi connectivity index (χ3v) is 3.73. The first-order valence-electron chi connectivity index (χ1n) is 5.82. The molecule has 3 rings (SSSR count). The van der Waals surface area contributed by atoms with Crippen molar-refractivity contribution in [1.29, 1.82) is 0 Å². The van der Waals surface area contributed by atoms with Crippen LogP contribution in [-0.2, 0) is 6.42 Å². The van der Waals surface area contributed by atoms with Gasteiger partial charge in [-0.2, -0.15) is 0 Å². The van der Waals surface area contributed by atoms with Gasteiger partial charge in [0.2, 0.25) is 0 Å². The van der Waals surface area contributed by atoms with Crippen molar-refractivity contribution in [3.8, 4) is 0 Å². The molecule has 80 valence electrons. The standard InChI is InChI=1S/C13H17NO/c15-12-6-11(7-12)14-8-10-5-9-3-1-2-4-13(9)10/h1-4,10-12,14-15H,5-8H2.